The van der Waals surface area contributed by atoms with Gasteiger partial charge in [0, 0.05) is 34.3 Å². The lowest BCUT2D eigenvalue weighted by molar-refractivity contribution is -0.394. The summed E-state index contributed by atoms with van der Waals surface area (Å²) in [6.45, 7) is 7.44. The van der Waals surface area contributed by atoms with Crippen molar-refractivity contribution >= 4 is 46.3 Å². The highest BCUT2D eigenvalue weighted by Crippen LogP contribution is 2.25. The number of fused-ring (bicyclic) bond motifs is 1. The molecule has 14 heteroatoms. The van der Waals surface area contributed by atoms with Crippen molar-refractivity contribution in [2.24, 2.45) is 11.0 Å². The monoisotopic (exact) mass is 566 g/mol. The first-order chi connectivity index (χ1) is 19.4. The van der Waals surface area contributed by atoms with E-state index in [0.29, 0.717) is 5.56 Å². The molecule has 3 rings (SSSR count). The number of rotatable bonds is 12. The van der Waals surface area contributed by atoms with Crippen molar-refractivity contribution in [1.29, 1.82) is 0 Å². The van der Waals surface area contributed by atoms with E-state index in [0.717, 1.165) is 34.8 Å². The summed E-state index contributed by atoms with van der Waals surface area (Å²) in [5.41, 5.74) is 2.99. The van der Waals surface area contributed by atoms with Crippen LogP contribution in [0.4, 0.5) is 11.4 Å². The highest BCUT2D eigenvalue weighted by Gasteiger charge is 2.25. The average molecular weight is 567 g/mol. The van der Waals surface area contributed by atoms with E-state index in [4.69, 9.17) is 4.74 Å². The second kappa shape index (κ2) is 13.3. The second-order valence-corrected chi connectivity index (χ2v) is 9.55. The van der Waals surface area contributed by atoms with Crippen LogP contribution in [0.2, 0.25) is 0 Å². The molecular weight excluding hydrogens is 536 g/mol. The lowest BCUT2D eigenvalue weighted by Gasteiger charge is -2.19. The molecule has 0 unspecified atom stereocenters. The van der Waals surface area contributed by atoms with Crippen LogP contribution in [-0.2, 0) is 20.9 Å². The van der Waals surface area contributed by atoms with E-state index >= 15 is 0 Å². The first kappa shape index (κ1) is 30.4. The molecule has 2 amide bonds. The Morgan fingerprint density at radius 3 is 2.29 bits per heavy atom. The third-order valence-electron chi connectivity index (χ3n) is 6.16. The van der Waals surface area contributed by atoms with Crippen LogP contribution >= 0.6 is 0 Å². The first-order valence-electron chi connectivity index (χ1n) is 12.7. The van der Waals surface area contributed by atoms with Gasteiger partial charge in [0.25, 0.3) is 23.2 Å². The summed E-state index contributed by atoms with van der Waals surface area (Å²) in [5.74, 6) is -1.98. The topological polar surface area (TPSA) is 188 Å². The van der Waals surface area contributed by atoms with Crippen molar-refractivity contribution in [3.05, 3.63) is 79.5 Å². The molecule has 0 spiro atoms. The number of hydrogen-bond acceptors (Lipinski definition) is 9. The number of hydrogen-bond donors (Lipinski definition) is 2. The molecule has 0 aliphatic rings. The number of aromatic nitrogens is 1. The Hall–Kier alpha value is -5.14. The molecule has 1 atom stereocenters. The van der Waals surface area contributed by atoms with Gasteiger partial charge < -0.3 is 14.6 Å². The number of para-hydroxylation sites is 1. The van der Waals surface area contributed by atoms with E-state index in [-0.39, 0.29) is 31.1 Å². The number of hydrazone groups is 1. The lowest BCUT2D eigenvalue weighted by Crippen LogP contribution is -2.46. The molecule has 0 saturated carbocycles. The fourth-order valence-electron chi connectivity index (χ4n) is 4.28. The summed E-state index contributed by atoms with van der Waals surface area (Å²) in [7, 11) is 0. The molecule has 1 heterocycles. The van der Waals surface area contributed by atoms with Gasteiger partial charge in [-0.2, -0.15) is 5.10 Å². The fourth-order valence-corrected chi connectivity index (χ4v) is 4.28. The van der Waals surface area contributed by atoms with Gasteiger partial charge in [0.05, 0.1) is 34.3 Å². The number of nitrogens with one attached hydrogen (secondary N) is 2. The molecule has 0 aliphatic carbocycles. The van der Waals surface area contributed by atoms with Crippen LogP contribution in [0.25, 0.3) is 10.9 Å². The van der Waals surface area contributed by atoms with Gasteiger partial charge in [-0.25, -0.2) is 5.43 Å². The van der Waals surface area contributed by atoms with E-state index in [2.05, 4.69) is 15.8 Å². The van der Waals surface area contributed by atoms with Crippen LogP contribution in [0.5, 0.6) is 0 Å². The van der Waals surface area contributed by atoms with E-state index in [1.165, 1.54) is 6.21 Å². The van der Waals surface area contributed by atoms with Crippen molar-refractivity contribution in [2.45, 2.75) is 46.7 Å². The average Bonchev–Trinajstić information content (AvgIpc) is 3.18. The summed E-state index contributed by atoms with van der Waals surface area (Å²) >= 11 is 0. The van der Waals surface area contributed by atoms with Gasteiger partial charge in [0.1, 0.15) is 12.6 Å². The number of benzene rings is 2. The maximum Gasteiger partial charge on any atom is 0.325 e. The molecule has 41 heavy (non-hydrogen) atoms. The minimum absolute atomic E-state index is 0.00130. The molecule has 0 fully saturated rings. The van der Waals surface area contributed by atoms with Crippen molar-refractivity contribution in [3.8, 4) is 0 Å². The van der Waals surface area contributed by atoms with Crippen molar-refractivity contribution in [2.75, 3.05) is 6.61 Å². The fraction of sp³-hybridized carbons (Fsp3) is 0.333. The standard InChI is InChI=1S/C27H30N6O8/c1-5-41-25(34)15-31-17(4)22(21-8-6-7-9-24(21)31)14-28-30-27(36)23(10-16(2)3)29-26(35)18-11-19(32(37)38)13-20(12-18)33(39)40/h6-9,11-14,16,23H,5,10,15H2,1-4H3,(H,29,35)(H,30,36)/b28-14-/t23-/m0/s1. The summed E-state index contributed by atoms with van der Waals surface area (Å²) in [6.07, 6.45) is 1.64. The number of non-ortho nitro benzene ring substituents is 2. The van der Waals surface area contributed by atoms with Crippen LogP contribution in [0, 0.1) is 33.1 Å². The van der Waals surface area contributed by atoms with Gasteiger partial charge in [-0.15, -0.1) is 0 Å². The van der Waals surface area contributed by atoms with E-state index in [1.807, 2.05) is 45.0 Å². The van der Waals surface area contributed by atoms with E-state index < -0.39 is 45.0 Å². The largest absolute Gasteiger partial charge is 0.465 e. The van der Waals surface area contributed by atoms with Crippen molar-refractivity contribution in [1.82, 2.24) is 15.3 Å². The molecule has 14 nitrogen and oxygen atoms in total. The van der Waals surface area contributed by atoms with Crippen LogP contribution in [0.15, 0.2) is 47.6 Å². The van der Waals surface area contributed by atoms with Crippen LogP contribution < -0.4 is 10.7 Å². The minimum Gasteiger partial charge on any atom is -0.465 e. The second-order valence-electron chi connectivity index (χ2n) is 9.55. The molecule has 3 aromatic rings. The molecule has 0 bridgehead atoms. The van der Waals surface area contributed by atoms with Crippen LogP contribution in [0.1, 0.15) is 48.8 Å². The quantitative estimate of drug-likeness (QED) is 0.144. The predicted octanol–water partition coefficient (Wildman–Crippen LogP) is 3.62. The highest BCUT2D eigenvalue weighted by atomic mass is 16.6. The lowest BCUT2D eigenvalue weighted by atomic mass is 10.0. The third kappa shape index (κ3) is 7.50. The zero-order chi connectivity index (χ0) is 30.3. The Morgan fingerprint density at radius 1 is 1.07 bits per heavy atom. The van der Waals surface area contributed by atoms with Crippen LogP contribution in [0.3, 0.4) is 0 Å². The van der Waals surface area contributed by atoms with E-state index in [9.17, 15) is 34.6 Å². The van der Waals surface area contributed by atoms with Crippen LogP contribution in [-0.4, -0.2) is 51.1 Å². The Morgan fingerprint density at radius 2 is 1.71 bits per heavy atom. The number of amides is 2. The number of nitrogens with zero attached hydrogens (tertiary/aromatic N) is 4. The first-order valence-corrected chi connectivity index (χ1v) is 12.7. The Balaban J connectivity index is 1.83. The normalized spacial score (nSPS) is 11.9. The van der Waals surface area contributed by atoms with Crippen molar-refractivity contribution < 1.29 is 29.0 Å². The number of ether oxygens (including phenoxy) is 1. The Bertz CT molecular complexity index is 1500. The SMILES string of the molecule is CCOC(=O)Cn1c(C)c(/C=N\NC(=O)[C@H](CC(C)C)NC(=O)c2cc([N+](=O)[O-])cc([N+](=O)[O-])c2)c2ccccc21. The van der Waals surface area contributed by atoms with Gasteiger partial charge in [0.15, 0.2) is 0 Å². The molecule has 2 aromatic carbocycles. The number of nitro benzene ring substituents is 2. The maximum absolute atomic E-state index is 13.0. The molecule has 0 saturated heterocycles. The number of carbonyl (C=O) groups is 3. The number of carbonyl (C=O) groups excluding carboxylic acids is 3. The van der Waals surface area contributed by atoms with Gasteiger partial charge >= 0.3 is 5.97 Å². The third-order valence-corrected chi connectivity index (χ3v) is 6.16. The Labute approximate surface area is 234 Å². The Kier molecular flexibility index (Phi) is 9.85. The van der Waals surface area contributed by atoms with Gasteiger partial charge in [0.2, 0.25) is 0 Å². The molecule has 2 N–H and O–H groups in total. The smallest absolute Gasteiger partial charge is 0.325 e. The van der Waals surface area contributed by atoms with Gasteiger partial charge in [-0.3, -0.25) is 34.6 Å². The predicted molar refractivity (Wildman–Crippen MR) is 150 cm³/mol. The maximum atomic E-state index is 13.0. The van der Waals surface area contributed by atoms with Crippen molar-refractivity contribution in [3.63, 3.8) is 0 Å². The van der Waals surface area contributed by atoms with Gasteiger partial charge in [-0.1, -0.05) is 32.0 Å². The summed E-state index contributed by atoms with van der Waals surface area (Å²) in [5, 5.41) is 29.8. The van der Waals surface area contributed by atoms with Gasteiger partial charge in [-0.05, 0) is 32.3 Å². The molecule has 0 radical (unpaired) electrons. The summed E-state index contributed by atoms with van der Waals surface area (Å²) in [4.78, 5) is 58.8. The zero-order valence-corrected chi connectivity index (χ0v) is 22.9. The van der Waals surface area contributed by atoms with E-state index in [1.54, 1.807) is 11.5 Å². The number of nitro groups is 2. The summed E-state index contributed by atoms with van der Waals surface area (Å²) < 4.78 is 6.87. The molecular formula is C27H30N6O8. The zero-order valence-electron chi connectivity index (χ0n) is 22.9. The molecule has 1 aromatic heterocycles. The minimum atomic E-state index is -1.09. The summed E-state index contributed by atoms with van der Waals surface area (Å²) in [6, 6.07) is 8.83. The highest BCUT2D eigenvalue weighted by molar-refractivity contribution is 6.02. The molecule has 216 valence electrons. The number of esters is 1. The molecule has 0 aliphatic heterocycles.